The van der Waals surface area contributed by atoms with Gasteiger partial charge in [0.15, 0.2) is 11.7 Å². The SMILES string of the molecule is C=CCCc1ccc(-c2ccc(/C(F)=C(\F)c3ccc(CC)cc3)cc2)c(F)c1Cl. The van der Waals surface area contributed by atoms with Gasteiger partial charge < -0.3 is 0 Å². The van der Waals surface area contributed by atoms with Gasteiger partial charge in [-0.1, -0.05) is 85.3 Å². The Balaban J connectivity index is 1.88. The molecule has 0 bridgehead atoms. The lowest BCUT2D eigenvalue weighted by molar-refractivity contribution is 0.629. The van der Waals surface area contributed by atoms with Gasteiger partial charge in [0.2, 0.25) is 0 Å². The van der Waals surface area contributed by atoms with E-state index in [0.29, 0.717) is 29.5 Å². The molecule has 3 rings (SSSR count). The maximum atomic E-state index is 14.7. The normalized spacial score (nSPS) is 11.9. The summed E-state index contributed by atoms with van der Waals surface area (Å²) in [4.78, 5) is 0. The molecule has 3 aromatic rings. The molecule has 0 aliphatic heterocycles. The lowest BCUT2D eigenvalue weighted by Crippen LogP contribution is -1.93. The van der Waals surface area contributed by atoms with Crippen molar-refractivity contribution in [1.82, 2.24) is 0 Å². The Morgan fingerprint density at radius 1 is 0.900 bits per heavy atom. The summed E-state index contributed by atoms with van der Waals surface area (Å²) in [6.45, 7) is 5.65. The Labute approximate surface area is 180 Å². The van der Waals surface area contributed by atoms with Gasteiger partial charge in [-0.25, -0.2) is 13.2 Å². The fourth-order valence-electron chi connectivity index (χ4n) is 3.20. The summed E-state index contributed by atoms with van der Waals surface area (Å²) >= 11 is 6.17. The molecule has 0 aliphatic carbocycles. The van der Waals surface area contributed by atoms with Crippen LogP contribution in [0.25, 0.3) is 22.8 Å². The van der Waals surface area contributed by atoms with Gasteiger partial charge >= 0.3 is 0 Å². The quantitative estimate of drug-likeness (QED) is 0.262. The van der Waals surface area contributed by atoms with E-state index in [0.717, 1.165) is 12.0 Å². The lowest BCUT2D eigenvalue weighted by Gasteiger charge is -2.10. The van der Waals surface area contributed by atoms with E-state index in [1.165, 1.54) is 12.1 Å². The van der Waals surface area contributed by atoms with Crippen LogP contribution in [0.5, 0.6) is 0 Å². The number of aryl methyl sites for hydroxylation is 2. The monoisotopic (exact) mass is 426 g/mol. The number of benzene rings is 3. The highest BCUT2D eigenvalue weighted by Gasteiger charge is 2.15. The smallest absolute Gasteiger partial charge is 0.166 e. The molecule has 3 aromatic carbocycles. The summed E-state index contributed by atoms with van der Waals surface area (Å²) in [6, 6.07) is 16.1. The zero-order valence-corrected chi connectivity index (χ0v) is 17.4. The topological polar surface area (TPSA) is 0 Å². The van der Waals surface area contributed by atoms with Crippen LogP contribution in [0.15, 0.2) is 73.3 Å². The second-order valence-electron chi connectivity index (χ2n) is 6.98. The van der Waals surface area contributed by atoms with Crippen molar-refractivity contribution >= 4 is 23.3 Å². The molecule has 154 valence electrons. The van der Waals surface area contributed by atoms with Gasteiger partial charge in [0.25, 0.3) is 0 Å². The average molecular weight is 427 g/mol. The average Bonchev–Trinajstić information content (AvgIpc) is 2.79. The van der Waals surface area contributed by atoms with Crippen molar-refractivity contribution in [3.63, 3.8) is 0 Å². The molecule has 0 atom stereocenters. The van der Waals surface area contributed by atoms with Crippen LogP contribution in [0, 0.1) is 5.82 Å². The molecule has 0 saturated carbocycles. The van der Waals surface area contributed by atoms with Crippen molar-refractivity contribution in [2.45, 2.75) is 26.2 Å². The fourth-order valence-corrected chi connectivity index (χ4v) is 3.46. The molecular weight excluding hydrogens is 405 g/mol. The summed E-state index contributed by atoms with van der Waals surface area (Å²) in [5, 5.41) is 0.0751. The Hall–Kier alpha value is -2.78. The minimum atomic E-state index is -0.955. The molecule has 0 fully saturated rings. The van der Waals surface area contributed by atoms with Gasteiger partial charge in [0.05, 0.1) is 5.02 Å². The Bertz CT molecular complexity index is 1060. The van der Waals surface area contributed by atoms with Crippen molar-refractivity contribution in [3.05, 3.63) is 106 Å². The third kappa shape index (κ3) is 4.68. The van der Waals surface area contributed by atoms with Crippen molar-refractivity contribution in [2.24, 2.45) is 0 Å². The maximum Gasteiger partial charge on any atom is 0.166 e. The molecule has 0 saturated heterocycles. The molecule has 0 aliphatic rings. The van der Waals surface area contributed by atoms with Gasteiger partial charge in [-0.15, -0.1) is 6.58 Å². The predicted molar refractivity (Wildman–Crippen MR) is 120 cm³/mol. The van der Waals surface area contributed by atoms with Crippen LogP contribution in [0.2, 0.25) is 5.02 Å². The molecule has 30 heavy (non-hydrogen) atoms. The van der Waals surface area contributed by atoms with Crippen LogP contribution in [0.4, 0.5) is 13.2 Å². The van der Waals surface area contributed by atoms with Crippen molar-refractivity contribution in [1.29, 1.82) is 0 Å². The molecule has 4 heteroatoms. The zero-order valence-electron chi connectivity index (χ0n) is 16.7. The van der Waals surface area contributed by atoms with Crippen LogP contribution < -0.4 is 0 Å². The molecule has 0 amide bonds. The first-order valence-corrected chi connectivity index (χ1v) is 10.2. The molecule has 0 nitrogen and oxygen atoms in total. The van der Waals surface area contributed by atoms with Crippen molar-refractivity contribution in [3.8, 4) is 11.1 Å². The second-order valence-corrected chi connectivity index (χ2v) is 7.36. The third-order valence-electron chi connectivity index (χ3n) is 5.04. The highest BCUT2D eigenvalue weighted by molar-refractivity contribution is 6.31. The van der Waals surface area contributed by atoms with E-state index >= 15 is 0 Å². The van der Waals surface area contributed by atoms with Crippen LogP contribution in [0.1, 0.15) is 35.6 Å². The van der Waals surface area contributed by atoms with E-state index < -0.39 is 17.5 Å². The molecule has 0 radical (unpaired) electrons. The molecule has 0 heterocycles. The van der Waals surface area contributed by atoms with Crippen LogP contribution in [0.3, 0.4) is 0 Å². The van der Waals surface area contributed by atoms with Crippen LogP contribution in [-0.2, 0) is 12.8 Å². The Morgan fingerprint density at radius 3 is 2.00 bits per heavy atom. The summed E-state index contributed by atoms with van der Waals surface area (Å²) in [5.74, 6) is -2.40. The fraction of sp³-hybridized carbons (Fsp3) is 0.154. The number of rotatable bonds is 7. The molecule has 0 spiro atoms. The van der Waals surface area contributed by atoms with Gasteiger partial charge in [-0.2, -0.15) is 0 Å². The molecule has 0 unspecified atom stereocenters. The first-order valence-electron chi connectivity index (χ1n) is 9.79. The van der Waals surface area contributed by atoms with Crippen LogP contribution in [-0.4, -0.2) is 0 Å². The van der Waals surface area contributed by atoms with Gasteiger partial charge in [-0.05, 0) is 36.0 Å². The lowest BCUT2D eigenvalue weighted by atomic mass is 9.99. The summed E-state index contributed by atoms with van der Waals surface area (Å²) in [6.07, 6.45) is 3.88. The van der Waals surface area contributed by atoms with E-state index in [9.17, 15) is 13.2 Å². The van der Waals surface area contributed by atoms with Crippen LogP contribution >= 0.6 is 11.6 Å². The van der Waals surface area contributed by atoms with Crippen molar-refractivity contribution in [2.75, 3.05) is 0 Å². The van der Waals surface area contributed by atoms with Gasteiger partial charge in [-0.3, -0.25) is 0 Å². The van der Waals surface area contributed by atoms with E-state index in [-0.39, 0.29) is 16.1 Å². The Kier molecular flexibility index (Phi) is 7.17. The van der Waals surface area contributed by atoms with E-state index in [1.807, 2.05) is 6.92 Å². The standard InChI is InChI=1S/C26H22ClF3/c1-3-5-6-19-15-16-22(26(30)23(19)27)18-11-13-21(14-12-18)25(29)24(28)20-9-7-17(4-2)8-10-20/h3,7-16H,1,4-6H2,2H3/b25-24+. The molecular formula is C26H22ClF3. The maximum absolute atomic E-state index is 14.7. The highest BCUT2D eigenvalue weighted by Crippen LogP contribution is 2.33. The number of halogens is 4. The first kappa shape index (κ1) is 21.9. The molecule has 0 aromatic heterocycles. The largest absolute Gasteiger partial charge is 0.205 e. The highest BCUT2D eigenvalue weighted by atomic mass is 35.5. The minimum absolute atomic E-state index is 0.0751. The number of hydrogen-bond donors (Lipinski definition) is 0. The van der Waals surface area contributed by atoms with E-state index in [4.69, 9.17) is 11.6 Å². The zero-order chi connectivity index (χ0) is 21.7. The summed E-state index contributed by atoms with van der Waals surface area (Å²) in [5.41, 5.74) is 2.88. The number of hydrogen-bond acceptors (Lipinski definition) is 0. The van der Waals surface area contributed by atoms with E-state index in [1.54, 1.807) is 54.6 Å². The summed E-state index contributed by atoms with van der Waals surface area (Å²) < 4.78 is 43.9. The number of allylic oxidation sites excluding steroid dienone is 1. The minimum Gasteiger partial charge on any atom is -0.205 e. The van der Waals surface area contributed by atoms with E-state index in [2.05, 4.69) is 6.58 Å². The molecule has 0 N–H and O–H groups in total. The first-order chi connectivity index (χ1) is 14.5. The summed E-state index contributed by atoms with van der Waals surface area (Å²) in [7, 11) is 0. The van der Waals surface area contributed by atoms with Gasteiger partial charge in [0, 0.05) is 16.7 Å². The van der Waals surface area contributed by atoms with Crippen molar-refractivity contribution < 1.29 is 13.2 Å². The third-order valence-corrected chi connectivity index (χ3v) is 5.45. The Morgan fingerprint density at radius 2 is 1.47 bits per heavy atom. The predicted octanol–water partition coefficient (Wildman–Crippen LogP) is 8.59. The second kappa shape index (κ2) is 9.82. The van der Waals surface area contributed by atoms with Gasteiger partial charge in [0.1, 0.15) is 5.82 Å².